The predicted molar refractivity (Wildman–Crippen MR) is 99.7 cm³/mol. The average molecular weight is 373 g/mol. The molecule has 0 aliphatic heterocycles. The van der Waals surface area contributed by atoms with Gasteiger partial charge in [0.25, 0.3) is 5.91 Å². The van der Waals surface area contributed by atoms with Crippen molar-refractivity contribution in [1.29, 1.82) is 0 Å². The second-order valence-electron chi connectivity index (χ2n) is 6.01. The van der Waals surface area contributed by atoms with Crippen LogP contribution in [0, 0.1) is 6.92 Å². The van der Waals surface area contributed by atoms with Crippen LogP contribution < -0.4 is 14.2 Å². The fraction of sp³-hybridized carbons (Fsp3) is 0.300. The minimum Gasteiger partial charge on any atom is -0.493 e. The number of carboxylic acid groups (broad SMARTS) is 1. The third kappa shape index (κ3) is 5.13. The first-order valence-corrected chi connectivity index (χ1v) is 8.27. The number of ether oxygens (including phenoxy) is 3. The summed E-state index contributed by atoms with van der Waals surface area (Å²) in [5.41, 5.74) is 2.23. The zero-order valence-corrected chi connectivity index (χ0v) is 15.8. The molecule has 7 heteroatoms. The van der Waals surface area contributed by atoms with Crippen LogP contribution in [0.15, 0.2) is 36.4 Å². The normalized spacial score (nSPS) is 10.2. The number of hydrogen-bond donors (Lipinski definition) is 1. The first kappa shape index (κ1) is 20.1. The number of aliphatic carboxylic acids is 1. The molecule has 0 bridgehead atoms. The largest absolute Gasteiger partial charge is 0.493 e. The predicted octanol–water partition coefficient (Wildman–Crippen LogP) is 2.75. The van der Waals surface area contributed by atoms with E-state index in [1.54, 1.807) is 55.5 Å². The van der Waals surface area contributed by atoms with Crippen LogP contribution in [0.3, 0.4) is 0 Å². The second-order valence-corrected chi connectivity index (χ2v) is 6.01. The molecule has 0 heterocycles. The molecule has 7 nitrogen and oxygen atoms in total. The zero-order valence-electron chi connectivity index (χ0n) is 15.8. The summed E-state index contributed by atoms with van der Waals surface area (Å²) in [6.07, 6.45) is 0. The Hall–Kier alpha value is -3.22. The molecule has 2 rings (SSSR count). The Balaban J connectivity index is 2.10. The van der Waals surface area contributed by atoms with Crippen molar-refractivity contribution in [3.63, 3.8) is 0 Å². The van der Waals surface area contributed by atoms with Crippen molar-refractivity contribution in [2.24, 2.45) is 0 Å². The van der Waals surface area contributed by atoms with E-state index in [0.717, 1.165) is 11.1 Å². The topological polar surface area (TPSA) is 85.3 Å². The summed E-state index contributed by atoms with van der Waals surface area (Å²) in [7, 11) is 4.79. The summed E-state index contributed by atoms with van der Waals surface area (Å²) >= 11 is 0. The minimum atomic E-state index is -1.03. The number of rotatable bonds is 8. The lowest BCUT2D eigenvalue weighted by molar-refractivity contribution is -0.139. The Morgan fingerprint density at radius 2 is 1.63 bits per heavy atom. The van der Waals surface area contributed by atoms with Gasteiger partial charge in [0, 0.05) is 19.2 Å². The van der Waals surface area contributed by atoms with Gasteiger partial charge in [-0.3, -0.25) is 4.79 Å². The number of carbonyl (C=O) groups excluding carboxylic acids is 1. The first-order chi connectivity index (χ1) is 12.8. The van der Waals surface area contributed by atoms with E-state index >= 15 is 0 Å². The van der Waals surface area contributed by atoms with Crippen molar-refractivity contribution in [3.8, 4) is 17.2 Å². The van der Waals surface area contributed by atoms with Crippen molar-refractivity contribution < 1.29 is 28.9 Å². The van der Waals surface area contributed by atoms with Crippen molar-refractivity contribution >= 4 is 11.9 Å². The Morgan fingerprint density at radius 3 is 2.19 bits per heavy atom. The number of aryl methyl sites for hydroxylation is 1. The number of methoxy groups -OCH3 is 2. The Bertz CT molecular complexity index is 816. The molecular formula is C20H23NO6. The maximum Gasteiger partial charge on any atom is 0.341 e. The highest BCUT2D eigenvalue weighted by atomic mass is 16.5. The molecule has 0 unspecified atom stereocenters. The van der Waals surface area contributed by atoms with E-state index in [0.29, 0.717) is 29.4 Å². The van der Waals surface area contributed by atoms with Gasteiger partial charge in [0.05, 0.1) is 14.2 Å². The Labute approximate surface area is 158 Å². The third-order valence-corrected chi connectivity index (χ3v) is 4.01. The molecule has 0 spiro atoms. The van der Waals surface area contributed by atoms with Crippen molar-refractivity contribution in [2.75, 3.05) is 27.9 Å². The Kier molecular flexibility index (Phi) is 6.65. The molecule has 1 amide bonds. The van der Waals surface area contributed by atoms with E-state index in [-0.39, 0.29) is 5.91 Å². The molecule has 2 aromatic carbocycles. The number of carbonyl (C=O) groups is 2. The summed E-state index contributed by atoms with van der Waals surface area (Å²) in [5, 5.41) is 8.62. The van der Waals surface area contributed by atoms with Crippen LogP contribution in [-0.2, 0) is 11.3 Å². The number of carboxylic acids is 1. The maximum atomic E-state index is 12.8. The molecule has 0 atom stereocenters. The highest BCUT2D eigenvalue weighted by Crippen LogP contribution is 2.30. The quantitative estimate of drug-likeness (QED) is 0.766. The maximum absolute atomic E-state index is 12.8. The average Bonchev–Trinajstić information content (AvgIpc) is 2.66. The second kappa shape index (κ2) is 8.93. The minimum absolute atomic E-state index is 0.139. The highest BCUT2D eigenvalue weighted by molar-refractivity contribution is 5.96. The summed E-state index contributed by atoms with van der Waals surface area (Å²) < 4.78 is 15.6. The molecular weight excluding hydrogens is 350 g/mol. The van der Waals surface area contributed by atoms with Gasteiger partial charge in [0.1, 0.15) is 5.75 Å². The van der Waals surface area contributed by atoms with Gasteiger partial charge in [-0.05, 0) is 42.3 Å². The van der Waals surface area contributed by atoms with Crippen LogP contribution in [0.5, 0.6) is 17.2 Å². The third-order valence-electron chi connectivity index (χ3n) is 4.01. The lowest BCUT2D eigenvalue weighted by Crippen LogP contribution is -2.27. The van der Waals surface area contributed by atoms with Gasteiger partial charge in [-0.25, -0.2) is 4.79 Å². The van der Waals surface area contributed by atoms with Crippen molar-refractivity contribution in [3.05, 3.63) is 53.1 Å². The number of amides is 1. The number of benzene rings is 2. The molecule has 0 saturated carbocycles. The van der Waals surface area contributed by atoms with Crippen LogP contribution in [-0.4, -0.2) is 49.8 Å². The van der Waals surface area contributed by atoms with E-state index in [9.17, 15) is 9.59 Å². The standard InChI is InChI=1S/C20H23NO6/c1-13-9-17(25-3)18(26-4)10-16(13)20(24)21(2)11-14-5-7-15(8-6-14)27-12-19(22)23/h5-10H,11-12H2,1-4H3,(H,22,23). The lowest BCUT2D eigenvalue weighted by Gasteiger charge is -2.20. The van der Waals surface area contributed by atoms with Crippen LogP contribution in [0.4, 0.5) is 0 Å². The van der Waals surface area contributed by atoms with Gasteiger partial charge in [-0.1, -0.05) is 12.1 Å². The molecule has 0 aromatic heterocycles. The molecule has 144 valence electrons. The Morgan fingerprint density at radius 1 is 1.04 bits per heavy atom. The van der Waals surface area contributed by atoms with Gasteiger partial charge in [-0.15, -0.1) is 0 Å². The summed E-state index contributed by atoms with van der Waals surface area (Å²) in [6.45, 7) is 1.85. The molecule has 0 saturated heterocycles. The molecule has 27 heavy (non-hydrogen) atoms. The molecule has 2 aromatic rings. The SMILES string of the molecule is COc1cc(C)c(C(=O)N(C)Cc2ccc(OCC(=O)O)cc2)cc1OC. The highest BCUT2D eigenvalue weighted by Gasteiger charge is 2.18. The lowest BCUT2D eigenvalue weighted by atomic mass is 10.1. The van der Waals surface area contributed by atoms with E-state index in [2.05, 4.69) is 0 Å². The van der Waals surface area contributed by atoms with Gasteiger partial charge >= 0.3 is 5.97 Å². The number of nitrogens with zero attached hydrogens (tertiary/aromatic N) is 1. The molecule has 0 aliphatic carbocycles. The molecule has 0 aliphatic rings. The van der Waals surface area contributed by atoms with Crippen LogP contribution >= 0.6 is 0 Å². The fourth-order valence-corrected chi connectivity index (χ4v) is 2.60. The van der Waals surface area contributed by atoms with Crippen molar-refractivity contribution in [1.82, 2.24) is 4.90 Å². The van der Waals surface area contributed by atoms with Crippen molar-refractivity contribution in [2.45, 2.75) is 13.5 Å². The van der Waals surface area contributed by atoms with E-state index in [1.807, 2.05) is 6.92 Å². The van der Waals surface area contributed by atoms with Crippen LogP contribution in [0.25, 0.3) is 0 Å². The fourth-order valence-electron chi connectivity index (χ4n) is 2.60. The summed E-state index contributed by atoms with van der Waals surface area (Å²) in [6, 6.07) is 10.4. The summed E-state index contributed by atoms with van der Waals surface area (Å²) in [5.74, 6) is 0.367. The monoisotopic (exact) mass is 373 g/mol. The number of hydrogen-bond acceptors (Lipinski definition) is 5. The van der Waals surface area contributed by atoms with Gasteiger partial charge in [-0.2, -0.15) is 0 Å². The van der Waals surface area contributed by atoms with Gasteiger partial charge in [0.2, 0.25) is 0 Å². The first-order valence-electron chi connectivity index (χ1n) is 8.27. The van der Waals surface area contributed by atoms with Crippen LogP contribution in [0.2, 0.25) is 0 Å². The van der Waals surface area contributed by atoms with Gasteiger partial charge in [0.15, 0.2) is 18.1 Å². The van der Waals surface area contributed by atoms with E-state index < -0.39 is 12.6 Å². The van der Waals surface area contributed by atoms with E-state index in [1.165, 1.54) is 7.11 Å². The van der Waals surface area contributed by atoms with E-state index in [4.69, 9.17) is 19.3 Å². The van der Waals surface area contributed by atoms with Gasteiger partial charge < -0.3 is 24.2 Å². The molecule has 1 N–H and O–H groups in total. The summed E-state index contributed by atoms with van der Waals surface area (Å²) in [4.78, 5) is 24.9. The van der Waals surface area contributed by atoms with Crippen LogP contribution in [0.1, 0.15) is 21.5 Å². The smallest absolute Gasteiger partial charge is 0.341 e. The zero-order chi connectivity index (χ0) is 20.0. The molecule has 0 fully saturated rings. The molecule has 0 radical (unpaired) electrons.